The number of carboxylic acid groups (broad SMARTS) is 1. The number of aromatic carboxylic acids is 1. The zero-order valence-corrected chi connectivity index (χ0v) is 17.2. The summed E-state index contributed by atoms with van der Waals surface area (Å²) < 4.78 is 6.05. The molecule has 0 fully saturated rings. The molecule has 0 saturated carbocycles. The van der Waals surface area contributed by atoms with Gasteiger partial charge < -0.3 is 14.9 Å². The number of hydrogen-bond acceptors (Lipinski definition) is 3. The number of halogens is 1. The van der Waals surface area contributed by atoms with E-state index in [1.54, 1.807) is 55.5 Å². The largest absolute Gasteiger partial charge is 0.508 e. The lowest BCUT2D eigenvalue weighted by Gasteiger charge is -2.24. The Morgan fingerprint density at radius 2 is 1.76 bits per heavy atom. The van der Waals surface area contributed by atoms with E-state index in [4.69, 9.17) is 16.3 Å². The first kappa shape index (κ1) is 20.5. The van der Waals surface area contributed by atoms with Crippen LogP contribution in [0.5, 0.6) is 17.2 Å². The van der Waals surface area contributed by atoms with Gasteiger partial charge in [0.15, 0.2) is 0 Å². The normalized spacial score (nSPS) is 11.5. The fourth-order valence-electron chi connectivity index (χ4n) is 3.32. The molecule has 0 amide bonds. The van der Waals surface area contributed by atoms with E-state index in [9.17, 15) is 15.0 Å². The fourth-order valence-corrected chi connectivity index (χ4v) is 3.48. The molecule has 0 bridgehead atoms. The Labute approximate surface area is 174 Å². The minimum absolute atomic E-state index is 0.104. The molecule has 3 aromatic carbocycles. The van der Waals surface area contributed by atoms with Crippen LogP contribution in [0.25, 0.3) is 12.2 Å². The first-order chi connectivity index (χ1) is 13.9. The van der Waals surface area contributed by atoms with Gasteiger partial charge in [-0.05, 0) is 48.0 Å². The van der Waals surface area contributed by atoms with Crippen molar-refractivity contribution in [3.63, 3.8) is 0 Å². The summed E-state index contributed by atoms with van der Waals surface area (Å²) in [5.74, 6) is 0.0788. The molecule has 0 unspecified atom stereocenters. The number of benzene rings is 3. The maximum Gasteiger partial charge on any atom is 0.336 e. The summed E-state index contributed by atoms with van der Waals surface area (Å²) >= 11 is 6.30. The zero-order chi connectivity index (χ0) is 21.3. The van der Waals surface area contributed by atoms with Gasteiger partial charge in [0.25, 0.3) is 0 Å². The van der Waals surface area contributed by atoms with Crippen LogP contribution in [0, 0.1) is 6.92 Å². The van der Waals surface area contributed by atoms with E-state index < -0.39 is 5.97 Å². The van der Waals surface area contributed by atoms with Gasteiger partial charge in [-0.15, -0.1) is 0 Å². The van der Waals surface area contributed by atoms with Gasteiger partial charge in [0.05, 0.1) is 5.56 Å². The van der Waals surface area contributed by atoms with Crippen LogP contribution in [-0.4, -0.2) is 16.2 Å². The second-order valence-electron chi connectivity index (χ2n) is 6.35. The Morgan fingerprint density at radius 1 is 1.07 bits per heavy atom. The summed E-state index contributed by atoms with van der Waals surface area (Å²) in [5, 5.41) is 21.5. The molecule has 0 aliphatic carbocycles. The highest BCUT2D eigenvalue weighted by molar-refractivity contribution is 6.30. The number of carbonyl (C=O) groups is 1. The summed E-state index contributed by atoms with van der Waals surface area (Å²) in [6.45, 7) is 9.65. The van der Waals surface area contributed by atoms with E-state index in [0.29, 0.717) is 49.2 Å². The van der Waals surface area contributed by atoms with Crippen molar-refractivity contribution in [2.45, 2.75) is 20.8 Å². The number of phenolic OH excluding ortho intramolecular Hbond substituents is 1. The van der Waals surface area contributed by atoms with Crippen molar-refractivity contribution in [1.82, 2.24) is 0 Å². The van der Waals surface area contributed by atoms with Gasteiger partial charge in [-0.3, -0.25) is 0 Å². The van der Waals surface area contributed by atoms with Crippen molar-refractivity contribution in [3.8, 4) is 17.2 Å². The zero-order valence-electron chi connectivity index (χ0n) is 16.4. The molecule has 4 nitrogen and oxygen atoms in total. The molecule has 0 saturated heterocycles. The van der Waals surface area contributed by atoms with Crippen molar-refractivity contribution >= 4 is 29.7 Å². The average molecular weight is 409 g/mol. The van der Waals surface area contributed by atoms with Crippen LogP contribution in [0.4, 0.5) is 0 Å². The van der Waals surface area contributed by atoms with Crippen LogP contribution in [-0.2, 0) is 0 Å². The van der Waals surface area contributed by atoms with Crippen molar-refractivity contribution in [2.24, 2.45) is 0 Å². The fraction of sp³-hybridized carbons (Fsp3) is 0.125. The van der Waals surface area contributed by atoms with Crippen LogP contribution >= 0.6 is 11.6 Å². The first-order valence-corrected chi connectivity index (χ1v) is 9.62. The van der Waals surface area contributed by atoms with E-state index in [-0.39, 0.29) is 11.3 Å². The molecule has 0 atom stereocenters. The maximum absolute atomic E-state index is 11.8. The predicted octanol–water partition coefficient (Wildman–Crippen LogP) is 4.84. The van der Waals surface area contributed by atoms with Gasteiger partial charge in [-0.2, -0.15) is 0 Å². The van der Waals surface area contributed by atoms with Gasteiger partial charge in [0.2, 0.25) is 0 Å². The summed E-state index contributed by atoms with van der Waals surface area (Å²) in [5.41, 5.74) is 2.68. The molecular weight excluding hydrogens is 388 g/mol. The lowest BCUT2D eigenvalue weighted by Crippen LogP contribution is -2.21. The smallest absolute Gasteiger partial charge is 0.336 e. The maximum atomic E-state index is 11.8. The van der Waals surface area contributed by atoms with Crippen LogP contribution in [0.15, 0.2) is 48.5 Å². The van der Waals surface area contributed by atoms with Crippen molar-refractivity contribution < 1.29 is 19.7 Å². The van der Waals surface area contributed by atoms with Gasteiger partial charge in [0.1, 0.15) is 17.2 Å². The highest BCUT2D eigenvalue weighted by Crippen LogP contribution is 2.41. The van der Waals surface area contributed by atoms with Crippen molar-refractivity contribution in [1.29, 1.82) is 0 Å². The third kappa shape index (κ3) is 3.47. The molecule has 1 aliphatic heterocycles. The van der Waals surface area contributed by atoms with E-state index >= 15 is 0 Å². The van der Waals surface area contributed by atoms with Gasteiger partial charge in [-0.1, -0.05) is 50.2 Å². The van der Waals surface area contributed by atoms with E-state index in [1.807, 2.05) is 13.8 Å². The molecule has 3 aromatic rings. The SMILES string of the molecule is C=c1cc2c(cc1Cl)=C(c1ccccc1C(=O)O)c1ccc(O)c(C)c1O2.CC. The summed E-state index contributed by atoms with van der Waals surface area (Å²) in [6, 6.07) is 13.5. The second kappa shape index (κ2) is 8.02. The molecule has 0 spiro atoms. The monoisotopic (exact) mass is 408 g/mol. The Kier molecular flexibility index (Phi) is 5.66. The van der Waals surface area contributed by atoms with Gasteiger partial charge in [-0.25, -0.2) is 4.79 Å². The molecule has 29 heavy (non-hydrogen) atoms. The van der Waals surface area contributed by atoms with Crippen LogP contribution in [0.3, 0.4) is 0 Å². The Hall–Kier alpha value is -3.24. The minimum Gasteiger partial charge on any atom is -0.508 e. The second-order valence-corrected chi connectivity index (χ2v) is 6.76. The summed E-state index contributed by atoms with van der Waals surface area (Å²) in [7, 11) is 0. The Balaban J connectivity index is 0.00000117. The number of hydrogen-bond donors (Lipinski definition) is 2. The lowest BCUT2D eigenvalue weighted by molar-refractivity contribution is 0.0696. The van der Waals surface area contributed by atoms with Crippen LogP contribution in [0.1, 0.15) is 40.9 Å². The molecule has 2 N–H and O–H groups in total. The average Bonchev–Trinajstić information content (AvgIpc) is 2.72. The number of aromatic hydroxyl groups is 1. The number of rotatable bonds is 2. The first-order valence-electron chi connectivity index (χ1n) is 9.24. The third-order valence-electron chi connectivity index (χ3n) is 4.70. The molecule has 0 radical (unpaired) electrons. The number of ether oxygens (including phenoxy) is 1. The molecule has 1 heterocycles. The Morgan fingerprint density at radius 3 is 2.45 bits per heavy atom. The minimum atomic E-state index is -1.02. The number of phenols is 1. The number of carboxylic acids is 1. The van der Waals surface area contributed by atoms with Gasteiger partial charge >= 0.3 is 5.97 Å². The van der Waals surface area contributed by atoms with Gasteiger partial charge in [0, 0.05) is 26.9 Å². The highest BCUT2D eigenvalue weighted by atomic mass is 35.5. The predicted molar refractivity (Wildman–Crippen MR) is 116 cm³/mol. The number of fused-ring (bicyclic) bond motifs is 2. The topological polar surface area (TPSA) is 66.8 Å². The molecule has 5 heteroatoms. The van der Waals surface area contributed by atoms with Crippen molar-refractivity contribution in [2.75, 3.05) is 0 Å². The van der Waals surface area contributed by atoms with E-state index in [2.05, 4.69) is 6.58 Å². The molecule has 0 aromatic heterocycles. The van der Waals surface area contributed by atoms with E-state index in [1.165, 1.54) is 0 Å². The molecule has 148 valence electrons. The van der Waals surface area contributed by atoms with Crippen molar-refractivity contribution in [3.05, 3.63) is 86.2 Å². The van der Waals surface area contributed by atoms with Crippen LogP contribution < -0.4 is 15.2 Å². The standard InChI is InChI=1S/C22H15ClO4.C2H6/c1-11-9-19-16(10-17(11)23)20(13-5-3-4-6-14(13)22(25)26)15-7-8-18(24)12(2)21(15)27-19;1-2/h3-10,24H,1H2,2H3,(H,25,26);1-2H3. The van der Waals surface area contributed by atoms with Crippen LogP contribution in [0.2, 0.25) is 5.02 Å². The molecule has 4 rings (SSSR count). The molecular formula is C24H21ClO4. The quantitative estimate of drug-likeness (QED) is 0.498. The lowest BCUT2D eigenvalue weighted by atomic mass is 9.88. The molecule has 1 aliphatic rings. The Bertz CT molecular complexity index is 1230. The van der Waals surface area contributed by atoms with E-state index in [0.717, 1.165) is 0 Å². The summed E-state index contributed by atoms with van der Waals surface area (Å²) in [6.07, 6.45) is 0. The highest BCUT2D eigenvalue weighted by Gasteiger charge is 2.25. The summed E-state index contributed by atoms with van der Waals surface area (Å²) in [4.78, 5) is 11.8. The third-order valence-corrected chi connectivity index (χ3v) is 5.06.